The first-order chi connectivity index (χ1) is 14.6. The molecule has 0 aliphatic carbocycles. The number of likely N-dealkylation sites (tertiary alicyclic amines) is 1. The smallest absolute Gasteiger partial charge is 0.255 e. The molecule has 30 heavy (non-hydrogen) atoms. The Bertz CT molecular complexity index is 848. The average molecular weight is 414 g/mol. The van der Waals surface area contributed by atoms with Gasteiger partial charge in [-0.25, -0.2) is 4.98 Å². The molecule has 0 spiro atoms. The molecule has 1 saturated heterocycles. The Morgan fingerprint density at radius 2 is 1.83 bits per heavy atom. The van der Waals surface area contributed by atoms with Gasteiger partial charge in [0.15, 0.2) is 18.1 Å². The summed E-state index contributed by atoms with van der Waals surface area (Å²) in [5.74, 6) is 1.14. The van der Waals surface area contributed by atoms with Crippen LogP contribution in [-0.2, 0) is 11.3 Å². The first kappa shape index (κ1) is 21.9. The van der Waals surface area contributed by atoms with Gasteiger partial charge < -0.3 is 19.9 Å². The maximum atomic E-state index is 11.4. The van der Waals surface area contributed by atoms with E-state index >= 15 is 0 Å². The zero-order valence-corrected chi connectivity index (χ0v) is 17.9. The van der Waals surface area contributed by atoms with Crippen LogP contribution in [0.15, 0.2) is 30.5 Å². The summed E-state index contributed by atoms with van der Waals surface area (Å²) in [6, 6.07) is 7.79. The summed E-state index contributed by atoms with van der Waals surface area (Å²) >= 11 is 0. The Morgan fingerprint density at radius 3 is 2.50 bits per heavy atom. The van der Waals surface area contributed by atoms with Gasteiger partial charge in [-0.3, -0.25) is 9.69 Å². The van der Waals surface area contributed by atoms with Crippen LogP contribution in [0, 0.1) is 0 Å². The summed E-state index contributed by atoms with van der Waals surface area (Å²) in [7, 11) is 3.20. The maximum absolute atomic E-state index is 11.4. The molecule has 0 atom stereocenters. The van der Waals surface area contributed by atoms with E-state index in [9.17, 15) is 4.79 Å². The monoisotopic (exact) mass is 413 g/mol. The number of carbonyl (C=O) groups excluding carboxylic acids is 1. The minimum atomic E-state index is -0.521. The summed E-state index contributed by atoms with van der Waals surface area (Å²) < 4.78 is 16.9. The summed E-state index contributed by atoms with van der Waals surface area (Å²) in [6.45, 7) is 2.59. The Kier molecular flexibility index (Phi) is 7.90. The molecule has 1 aromatic heterocycles. The van der Waals surface area contributed by atoms with Crippen LogP contribution in [0.5, 0.6) is 17.4 Å². The number of primary amides is 1. The van der Waals surface area contributed by atoms with Crippen molar-refractivity contribution in [3.8, 4) is 28.5 Å². The predicted octanol–water partition coefficient (Wildman–Crippen LogP) is 3.40. The van der Waals surface area contributed by atoms with Gasteiger partial charge in [-0.1, -0.05) is 19.3 Å². The second kappa shape index (κ2) is 10.8. The van der Waals surface area contributed by atoms with Crippen LogP contribution in [0.3, 0.4) is 0 Å². The third kappa shape index (κ3) is 5.63. The zero-order valence-electron chi connectivity index (χ0n) is 17.9. The predicted molar refractivity (Wildman–Crippen MR) is 116 cm³/mol. The van der Waals surface area contributed by atoms with Crippen molar-refractivity contribution >= 4 is 5.91 Å². The lowest BCUT2D eigenvalue weighted by Crippen LogP contribution is -2.27. The van der Waals surface area contributed by atoms with E-state index < -0.39 is 5.91 Å². The molecule has 2 N–H and O–H groups in total. The standard InChI is InChI=1S/C23H31N3O4/c1-28-20-14-17(19-9-8-10-25-23(19)29-2)13-18(22(20)30-16-21(24)27)15-26-11-6-4-3-5-7-12-26/h8-10,13-14H,3-7,11-12,15-16H2,1-2H3,(H2,24,27). The fraction of sp³-hybridized carbons (Fsp3) is 0.478. The highest BCUT2D eigenvalue weighted by atomic mass is 16.5. The summed E-state index contributed by atoms with van der Waals surface area (Å²) in [6.07, 6.45) is 7.90. The number of nitrogens with zero attached hydrogens (tertiary/aromatic N) is 2. The zero-order chi connectivity index (χ0) is 21.3. The molecule has 3 rings (SSSR count). The lowest BCUT2D eigenvalue weighted by molar-refractivity contribution is -0.119. The lowest BCUT2D eigenvalue weighted by Gasteiger charge is -2.26. The molecule has 1 amide bonds. The third-order valence-electron chi connectivity index (χ3n) is 5.33. The van der Waals surface area contributed by atoms with Crippen molar-refractivity contribution in [2.45, 2.75) is 38.6 Å². The van der Waals surface area contributed by atoms with Crippen LogP contribution in [0.25, 0.3) is 11.1 Å². The van der Waals surface area contributed by atoms with Gasteiger partial charge in [0.25, 0.3) is 5.91 Å². The van der Waals surface area contributed by atoms with Crippen LogP contribution < -0.4 is 19.9 Å². The number of hydrogen-bond acceptors (Lipinski definition) is 6. The van der Waals surface area contributed by atoms with E-state index in [1.807, 2.05) is 18.2 Å². The van der Waals surface area contributed by atoms with Crippen molar-refractivity contribution in [1.29, 1.82) is 0 Å². The fourth-order valence-corrected chi connectivity index (χ4v) is 3.88. The number of benzene rings is 1. The lowest BCUT2D eigenvalue weighted by atomic mass is 10.0. The number of ether oxygens (including phenoxy) is 3. The van der Waals surface area contributed by atoms with E-state index in [0.29, 0.717) is 23.9 Å². The summed E-state index contributed by atoms with van der Waals surface area (Å²) in [5, 5.41) is 0. The highest BCUT2D eigenvalue weighted by molar-refractivity contribution is 5.76. The van der Waals surface area contributed by atoms with Crippen LogP contribution in [0.1, 0.15) is 37.7 Å². The summed E-state index contributed by atoms with van der Waals surface area (Å²) in [5.41, 5.74) is 8.07. The highest BCUT2D eigenvalue weighted by Gasteiger charge is 2.19. The van der Waals surface area contributed by atoms with Crippen molar-refractivity contribution in [3.05, 3.63) is 36.0 Å². The van der Waals surface area contributed by atoms with E-state index in [1.54, 1.807) is 20.4 Å². The van der Waals surface area contributed by atoms with Gasteiger partial charge in [0.2, 0.25) is 5.88 Å². The SMILES string of the molecule is COc1cc(-c2cccnc2OC)cc(CN2CCCCCCC2)c1OCC(N)=O. The number of carbonyl (C=O) groups is 1. The van der Waals surface area contributed by atoms with E-state index in [4.69, 9.17) is 19.9 Å². The Morgan fingerprint density at radius 1 is 1.10 bits per heavy atom. The molecule has 7 heteroatoms. The Hall–Kier alpha value is -2.80. The molecule has 1 aliphatic rings. The van der Waals surface area contributed by atoms with Crippen molar-refractivity contribution < 1.29 is 19.0 Å². The highest BCUT2D eigenvalue weighted by Crippen LogP contribution is 2.39. The average Bonchev–Trinajstić information content (AvgIpc) is 2.73. The normalized spacial score (nSPS) is 15.1. The molecule has 1 fully saturated rings. The molecular weight excluding hydrogens is 382 g/mol. The Balaban J connectivity index is 2.01. The molecule has 2 aromatic rings. The van der Waals surface area contributed by atoms with Gasteiger partial charge in [-0.05, 0) is 55.8 Å². The second-order valence-electron chi connectivity index (χ2n) is 7.53. The number of pyridine rings is 1. The number of aromatic nitrogens is 1. The van der Waals surface area contributed by atoms with Gasteiger partial charge in [0, 0.05) is 23.9 Å². The fourth-order valence-electron chi connectivity index (χ4n) is 3.88. The van der Waals surface area contributed by atoms with E-state index in [2.05, 4.69) is 16.0 Å². The van der Waals surface area contributed by atoms with E-state index in [-0.39, 0.29) is 6.61 Å². The number of methoxy groups -OCH3 is 2. The number of amides is 1. The second-order valence-corrected chi connectivity index (χ2v) is 7.53. The number of nitrogens with two attached hydrogens (primary N) is 1. The topological polar surface area (TPSA) is 86.9 Å². The first-order valence-electron chi connectivity index (χ1n) is 10.5. The maximum Gasteiger partial charge on any atom is 0.255 e. The molecule has 0 bridgehead atoms. The van der Waals surface area contributed by atoms with Crippen molar-refractivity contribution in [2.75, 3.05) is 33.9 Å². The molecule has 7 nitrogen and oxygen atoms in total. The Labute approximate surface area is 178 Å². The molecule has 1 aliphatic heterocycles. The van der Waals surface area contributed by atoms with Gasteiger partial charge in [-0.15, -0.1) is 0 Å². The van der Waals surface area contributed by atoms with Crippen molar-refractivity contribution in [3.63, 3.8) is 0 Å². The quantitative estimate of drug-likeness (QED) is 0.714. The van der Waals surface area contributed by atoms with E-state index in [0.717, 1.165) is 29.8 Å². The molecule has 0 unspecified atom stereocenters. The molecule has 0 radical (unpaired) electrons. The largest absolute Gasteiger partial charge is 0.493 e. The minimum absolute atomic E-state index is 0.196. The van der Waals surface area contributed by atoms with Gasteiger partial charge in [0.05, 0.1) is 14.2 Å². The van der Waals surface area contributed by atoms with Gasteiger partial charge in [-0.2, -0.15) is 0 Å². The van der Waals surface area contributed by atoms with Crippen molar-refractivity contribution in [2.24, 2.45) is 5.73 Å². The third-order valence-corrected chi connectivity index (χ3v) is 5.33. The van der Waals surface area contributed by atoms with Crippen LogP contribution >= 0.6 is 0 Å². The van der Waals surface area contributed by atoms with Crippen molar-refractivity contribution in [1.82, 2.24) is 9.88 Å². The molecular formula is C23H31N3O4. The van der Waals surface area contributed by atoms with Crippen LogP contribution in [-0.4, -0.2) is 49.7 Å². The molecule has 2 heterocycles. The first-order valence-corrected chi connectivity index (χ1v) is 10.5. The number of rotatable bonds is 8. The number of hydrogen-bond donors (Lipinski definition) is 1. The van der Waals surface area contributed by atoms with E-state index in [1.165, 1.54) is 32.1 Å². The van der Waals surface area contributed by atoms with Crippen LogP contribution in [0.4, 0.5) is 0 Å². The molecule has 162 valence electrons. The van der Waals surface area contributed by atoms with Gasteiger partial charge >= 0.3 is 0 Å². The summed E-state index contributed by atoms with van der Waals surface area (Å²) in [4.78, 5) is 18.1. The molecule has 1 aromatic carbocycles. The van der Waals surface area contributed by atoms with Crippen LogP contribution in [0.2, 0.25) is 0 Å². The molecule has 0 saturated carbocycles. The minimum Gasteiger partial charge on any atom is -0.493 e. The van der Waals surface area contributed by atoms with Gasteiger partial charge in [0.1, 0.15) is 0 Å².